The number of unbranched alkanes of at least 4 members (excludes halogenated alkanes) is 3. The zero-order chi connectivity index (χ0) is 11.2. The Morgan fingerprint density at radius 3 is 2.47 bits per heavy atom. The predicted octanol–water partition coefficient (Wildman–Crippen LogP) is 2.23. The largest absolute Gasteiger partial charge is 0.382 e. The van der Waals surface area contributed by atoms with Crippen molar-refractivity contribution in [1.29, 1.82) is 0 Å². The average Bonchev–Trinajstić information content (AvgIpc) is 2.26. The second-order valence-corrected chi connectivity index (χ2v) is 4.54. The molecular weight excluding hydrogens is 305 g/mol. The molecule has 0 amide bonds. The van der Waals surface area contributed by atoms with E-state index in [1.807, 2.05) is 0 Å². The molecule has 0 aromatic carbocycles. The molecule has 15 heavy (non-hydrogen) atoms. The smallest absolute Gasteiger partial charge is 0.0700 e. The molecule has 0 aromatic rings. The third kappa shape index (κ3) is 14.6. The number of alkyl halides is 1. The van der Waals surface area contributed by atoms with Crippen LogP contribution in [0.3, 0.4) is 0 Å². The molecule has 0 aliphatic heterocycles. The molecule has 0 saturated carbocycles. The molecule has 0 spiro atoms. The number of hydrogen-bond acceptors (Lipinski definition) is 3. The lowest BCUT2D eigenvalue weighted by molar-refractivity contribution is 0.0720. The van der Waals surface area contributed by atoms with Gasteiger partial charge in [0.15, 0.2) is 0 Å². The Bertz CT molecular complexity index is 103. The van der Waals surface area contributed by atoms with E-state index in [-0.39, 0.29) is 0 Å². The summed E-state index contributed by atoms with van der Waals surface area (Å²) in [6.45, 7) is 4.26. The van der Waals surface area contributed by atoms with E-state index < -0.39 is 0 Å². The van der Waals surface area contributed by atoms with Gasteiger partial charge in [-0.15, -0.1) is 0 Å². The number of rotatable bonds is 12. The molecule has 1 N–H and O–H groups in total. The molecule has 92 valence electrons. The van der Waals surface area contributed by atoms with Crippen molar-refractivity contribution in [2.45, 2.75) is 25.7 Å². The fourth-order valence-electron chi connectivity index (χ4n) is 1.21. The van der Waals surface area contributed by atoms with Crippen LogP contribution in [0.4, 0.5) is 0 Å². The Hall–Kier alpha value is 0.610. The molecule has 4 heteroatoms. The monoisotopic (exact) mass is 329 g/mol. The van der Waals surface area contributed by atoms with Crippen LogP contribution in [0.2, 0.25) is 0 Å². The molecule has 3 nitrogen and oxygen atoms in total. The average molecular weight is 329 g/mol. The molecule has 0 heterocycles. The minimum Gasteiger partial charge on any atom is -0.382 e. The molecular formula is C11H24INO2. The summed E-state index contributed by atoms with van der Waals surface area (Å²) in [5.74, 6) is 0. The van der Waals surface area contributed by atoms with E-state index in [0.29, 0.717) is 13.2 Å². The maximum atomic E-state index is 5.33. The van der Waals surface area contributed by atoms with Crippen molar-refractivity contribution < 1.29 is 9.47 Å². The molecule has 0 atom stereocenters. The van der Waals surface area contributed by atoms with Gasteiger partial charge in [0.1, 0.15) is 0 Å². The summed E-state index contributed by atoms with van der Waals surface area (Å²) in [4.78, 5) is 0. The molecule has 0 aliphatic rings. The van der Waals surface area contributed by atoms with Crippen molar-refractivity contribution in [3.05, 3.63) is 0 Å². The van der Waals surface area contributed by atoms with Crippen LogP contribution in [-0.2, 0) is 9.47 Å². The molecule has 0 aromatic heterocycles. The number of hydrogen-bond donors (Lipinski definition) is 1. The topological polar surface area (TPSA) is 30.5 Å². The van der Waals surface area contributed by atoms with Crippen molar-refractivity contribution in [2.24, 2.45) is 0 Å². The molecule has 0 rings (SSSR count). The van der Waals surface area contributed by atoms with Gasteiger partial charge in [0, 0.05) is 13.7 Å². The maximum absolute atomic E-state index is 5.33. The molecule has 0 fully saturated rings. The van der Waals surface area contributed by atoms with E-state index in [2.05, 4.69) is 27.9 Å². The molecule has 0 bridgehead atoms. The summed E-state index contributed by atoms with van der Waals surface area (Å²) < 4.78 is 11.5. The Labute approximate surface area is 107 Å². The normalized spacial score (nSPS) is 10.8. The van der Waals surface area contributed by atoms with Gasteiger partial charge in [0.05, 0.1) is 19.8 Å². The van der Waals surface area contributed by atoms with Gasteiger partial charge in [-0.25, -0.2) is 0 Å². The van der Waals surface area contributed by atoms with Gasteiger partial charge in [-0.2, -0.15) is 0 Å². The van der Waals surface area contributed by atoms with E-state index >= 15 is 0 Å². The van der Waals surface area contributed by atoms with Crippen LogP contribution in [0, 0.1) is 0 Å². The Kier molecular flexibility index (Phi) is 15.2. The first-order valence-corrected chi connectivity index (χ1v) is 7.27. The Morgan fingerprint density at radius 1 is 0.933 bits per heavy atom. The van der Waals surface area contributed by atoms with E-state index in [1.165, 1.54) is 30.1 Å². The van der Waals surface area contributed by atoms with Gasteiger partial charge in [0.25, 0.3) is 0 Å². The van der Waals surface area contributed by atoms with Crippen molar-refractivity contribution in [1.82, 2.24) is 5.32 Å². The predicted molar refractivity (Wildman–Crippen MR) is 72.9 cm³/mol. The summed E-state index contributed by atoms with van der Waals surface area (Å²) in [6, 6.07) is 0. The minimum atomic E-state index is 0.691. The van der Waals surface area contributed by atoms with Crippen molar-refractivity contribution in [2.75, 3.05) is 44.4 Å². The van der Waals surface area contributed by atoms with E-state index in [1.54, 1.807) is 7.11 Å². The second-order valence-electron chi connectivity index (χ2n) is 3.46. The number of ether oxygens (including phenoxy) is 2. The molecule has 0 unspecified atom stereocenters. The van der Waals surface area contributed by atoms with Crippen LogP contribution >= 0.6 is 22.6 Å². The van der Waals surface area contributed by atoms with Gasteiger partial charge in [-0.1, -0.05) is 35.4 Å². The van der Waals surface area contributed by atoms with Gasteiger partial charge < -0.3 is 14.8 Å². The standard InChI is InChI=1S/C11H24INO2/c1-14-10-11-15-9-8-13-7-5-3-2-4-6-12/h13H,2-11H2,1H3. The van der Waals surface area contributed by atoms with Crippen LogP contribution in [0.25, 0.3) is 0 Å². The van der Waals surface area contributed by atoms with Crippen LogP contribution in [0.5, 0.6) is 0 Å². The third-order valence-corrected chi connectivity index (χ3v) is 2.85. The lowest BCUT2D eigenvalue weighted by Gasteiger charge is -2.05. The highest BCUT2D eigenvalue weighted by Gasteiger charge is 1.90. The van der Waals surface area contributed by atoms with Gasteiger partial charge in [-0.3, -0.25) is 0 Å². The lowest BCUT2D eigenvalue weighted by atomic mass is 10.2. The number of halogens is 1. The Balaban J connectivity index is 2.81. The first kappa shape index (κ1) is 15.6. The van der Waals surface area contributed by atoms with Gasteiger partial charge in [0.2, 0.25) is 0 Å². The van der Waals surface area contributed by atoms with E-state index in [0.717, 1.165) is 19.7 Å². The Morgan fingerprint density at radius 2 is 1.73 bits per heavy atom. The highest BCUT2D eigenvalue weighted by Crippen LogP contribution is 2.00. The number of methoxy groups -OCH3 is 1. The number of nitrogens with one attached hydrogen (secondary N) is 1. The first-order chi connectivity index (χ1) is 7.41. The highest BCUT2D eigenvalue weighted by molar-refractivity contribution is 14.1. The van der Waals surface area contributed by atoms with Crippen LogP contribution in [0.15, 0.2) is 0 Å². The summed E-state index contributed by atoms with van der Waals surface area (Å²) in [5, 5.41) is 3.37. The van der Waals surface area contributed by atoms with Crippen LogP contribution in [0.1, 0.15) is 25.7 Å². The van der Waals surface area contributed by atoms with Crippen LogP contribution in [-0.4, -0.2) is 44.4 Å². The summed E-state index contributed by atoms with van der Waals surface area (Å²) in [7, 11) is 1.69. The third-order valence-electron chi connectivity index (χ3n) is 2.09. The fourth-order valence-corrected chi connectivity index (χ4v) is 1.75. The zero-order valence-electron chi connectivity index (χ0n) is 9.77. The van der Waals surface area contributed by atoms with Gasteiger partial charge >= 0.3 is 0 Å². The quantitative estimate of drug-likeness (QED) is 0.338. The van der Waals surface area contributed by atoms with Crippen molar-refractivity contribution in [3.8, 4) is 0 Å². The van der Waals surface area contributed by atoms with E-state index in [9.17, 15) is 0 Å². The SMILES string of the molecule is COCCOCCNCCCCCCI. The first-order valence-electron chi connectivity index (χ1n) is 5.75. The molecule has 0 aliphatic carbocycles. The van der Waals surface area contributed by atoms with Crippen molar-refractivity contribution >= 4 is 22.6 Å². The molecule has 0 radical (unpaired) electrons. The summed E-state index contributed by atoms with van der Waals surface area (Å²) >= 11 is 2.44. The highest BCUT2D eigenvalue weighted by atomic mass is 127. The van der Waals surface area contributed by atoms with E-state index in [4.69, 9.17) is 9.47 Å². The van der Waals surface area contributed by atoms with Crippen LogP contribution < -0.4 is 5.32 Å². The lowest BCUT2D eigenvalue weighted by Crippen LogP contribution is -2.21. The fraction of sp³-hybridized carbons (Fsp3) is 1.00. The summed E-state index contributed by atoms with van der Waals surface area (Å²) in [5.41, 5.74) is 0. The minimum absolute atomic E-state index is 0.691. The second kappa shape index (κ2) is 14.6. The summed E-state index contributed by atoms with van der Waals surface area (Å²) in [6.07, 6.45) is 5.37. The maximum Gasteiger partial charge on any atom is 0.0700 e. The zero-order valence-corrected chi connectivity index (χ0v) is 11.9. The van der Waals surface area contributed by atoms with Crippen molar-refractivity contribution in [3.63, 3.8) is 0 Å². The van der Waals surface area contributed by atoms with Gasteiger partial charge in [-0.05, 0) is 23.8 Å². The molecule has 0 saturated heterocycles.